The number of hydrogen-bond donors (Lipinski definition) is 1. The minimum atomic E-state index is -0.429. The van der Waals surface area contributed by atoms with Crippen LogP contribution in [0.5, 0.6) is 11.8 Å². The first-order chi connectivity index (χ1) is 12.5. The number of anilines is 1. The summed E-state index contributed by atoms with van der Waals surface area (Å²) in [5, 5.41) is 2.26. The molecule has 0 spiro atoms. The molecule has 2 aromatic rings. The van der Waals surface area contributed by atoms with Crippen LogP contribution in [0.15, 0.2) is 38.8 Å². The van der Waals surface area contributed by atoms with Gasteiger partial charge < -0.3 is 20.0 Å². The molecule has 0 aliphatic carbocycles. The van der Waals surface area contributed by atoms with Crippen molar-refractivity contribution in [2.24, 2.45) is 5.34 Å². The number of pyridine rings is 2. The Kier molecular flexibility index (Phi) is 12.5. The Bertz CT molecular complexity index is 679. The predicted molar refractivity (Wildman–Crippen MR) is 121 cm³/mol. The second-order valence-electron chi connectivity index (χ2n) is 5.68. The molecule has 0 amide bonds. The number of ether oxygens (including phenoxy) is 2. The average Bonchev–Trinajstić information content (AvgIpc) is 2.55. The average molecular weight is 620 g/mol. The highest BCUT2D eigenvalue weighted by molar-refractivity contribution is 14.1. The van der Waals surface area contributed by atoms with E-state index in [4.69, 9.17) is 15.2 Å². The normalized spacial score (nSPS) is 9.78. The fourth-order valence-corrected chi connectivity index (χ4v) is 3.17. The zero-order valence-electron chi connectivity index (χ0n) is 15.5. The van der Waals surface area contributed by atoms with Crippen LogP contribution in [0.4, 0.5) is 5.69 Å². The zero-order chi connectivity index (χ0) is 21.0. The molecule has 2 N–H and O–H groups in total. The molecule has 0 radical (unpaired) electrons. The van der Waals surface area contributed by atoms with Gasteiger partial charge in [0.05, 0.1) is 35.0 Å². The van der Waals surface area contributed by atoms with Crippen LogP contribution in [0, 0.1) is 8.48 Å². The topological polar surface area (TPSA) is 109 Å². The highest BCUT2D eigenvalue weighted by Gasteiger charge is 2.09. The molecule has 0 saturated carbocycles. The van der Waals surface area contributed by atoms with Crippen molar-refractivity contribution in [3.63, 3.8) is 0 Å². The molecule has 27 heavy (non-hydrogen) atoms. The van der Waals surface area contributed by atoms with E-state index in [1.165, 1.54) is 0 Å². The van der Waals surface area contributed by atoms with Gasteiger partial charge in [0.1, 0.15) is 5.60 Å². The summed E-state index contributed by atoms with van der Waals surface area (Å²) in [6.07, 6.45) is 3.30. The molecule has 2 heterocycles. The number of hydrogen-bond acceptors (Lipinski definition) is 8. The molecule has 11 heteroatoms. The summed E-state index contributed by atoms with van der Waals surface area (Å²) in [5.41, 5.74) is 5.62. The third-order valence-electron chi connectivity index (χ3n) is 2.30. The summed E-state index contributed by atoms with van der Waals surface area (Å²) < 4.78 is 12.6. The number of halogens is 3. The van der Waals surface area contributed by atoms with Crippen molar-refractivity contribution >= 4 is 60.1 Å². The summed E-state index contributed by atoms with van der Waals surface area (Å²) in [4.78, 5) is 21.6. The Balaban J connectivity index is 0.000000384. The highest BCUT2D eigenvalue weighted by Crippen LogP contribution is 2.23. The van der Waals surface area contributed by atoms with Gasteiger partial charge in [-0.3, -0.25) is 0 Å². The van der Waals surface area contributed by atoms with E-state index in [1.807, 2.05) is 6.07 Å². The van der Waals surface area contributed by atoms with Gasteiger partial charge in [0.2, 0.25) is 11.8 Å². The maximum atomic E-state index is 9.35. The smallest absolute Gasteiger partial charge is 0.227 e. The van der Waals surface area contributed by atoms with Crippen molar-refractivity contribution < 1.29 is 14.3 Å². The minimum Gasteiger partial charge on any atom is -0.480 e. The molecule has 8 nitrogen and oxygen atoms in total. The molecule has 0 aliphatic heterocycles. The standard InChI is InChI=1S/C6H5BrINO.C6H7BrN2O.C4H9NO2/c2*1-10-6-5(7)2-4(8)3-9-6;1-4(2,3)7-5-6/h2-3H,1H3;2-3H,8H2,1H3;1-3H3. The Hall–Kier alpha value is -1.21. The Morgan fingerprint density at radius 3 is 1.85 bits per heavy atom. The summed E-state index contributed by atoms with van der Waals surface area (Å²) in [7, 11) is 3.16. The van der Waals surface area contributed by atoms with E-state index in [2.05, 4.69) is 74.6 Å². The summed E-state index contributed by atoms with van der Waals surface area (Å²) in [6.45, 7) is 5.28. The van der Waals surface area contributed by atoms with Crippen LogP contribution in [-0.4, -0.2) is 29.8 Å². The molecule has 2 aromatic heterocycles. The predicted octanol–water partition coefficient (Wildman–Crippen LogP) is 5.38. The largest absolute Gasteiger partial charge is 0.480 e. The van der Waals surface area contributed by atoms with Crippen molar-refractivity contribution in [3.8, 4) is 11.8 Å². The lowest BCUT2D eigenvalue weighted by molar-refractivity contribution is -0.00229. The molecule has 150 valence electrons. The number of methoxy groups -OCH3 is 2. The first kappa shape index (κ1) is 25.8. The van der Waals surface area contributed by atoms with Gasteiger partial charge in [0.25, 0.3) is 0 Å². The second kappa shape index (κ2) is 13.0. The monoisotopic (exact) mass is 618 g/mol. The molecule has 0 atom stereocenters. The number of nitrogens with zero attached hydrogens (tertiary/aromatic N) is 3. The molecular weight excluding hydrogens is 599 g/mol. The lowest BCUT2D eigenvalue weighted by Crippen LogP contribution is -2.14. The molecule has 0 unspecified atom stereocenters. The summed E-state index contributed by atoms with van der Waals surface area (Å²) >= 11 is 8.75. The fourth-order valence-electron chi connectivity index (χ4n) is 1.25. The van der Waals surface area contributed by atoms with E-state index < -0.39 is 5.60 Å². The Labute approximate surface area is 188 Å². The van der Waals surface area contributed by atoms with Gasteiger partial charge in [0, 0.05) is 9.77 Å². The van der Waals surface area contributed by atoms with E-state index >= 15 is 0 Å². The summed E-state index contributed by atoms with van der Waals surface area (Å²) in [5.74, 6) is 1.18. The molecular formula is C16H21Br2IN4O4. The van der Waals surface area contributed by atoms with Crippen LogP contribution >= 0.6 is 54.5 Å². The molecule has 0 aromatic carbocycles. The zero-order valence-corrected chi connectivity index (χ0v) is 20.8. The number of nitrogen functional groups attached to an aromatic ring is 1. The minimum absolute atomic E-state index is 0.429. The second-order valence-corrected chi connectivity index (χ2v) is 8.64. The maximum absolute atomic E-state index is 9.35. The van der Waals surface area contributed by atoms with Crippen LogP contribution in [0.3, 0.4) is 0 Å². The summed E-state index contributed by atoms with van der Waals surface area (Å²) in [6, 6.07) is 3.69. The van der Waals surface area contributed by atoms with E-state index in [1.54, 1.807) is 53.5 Å². The van der Waals surface area contributed by atoms with Gasteiger partial charge in [-0.1, -0.05) is 0 Å². The van der Waals surface area contributed by atoms with E-state index in [-0.39, 0.29) is 0 Å². The quantitative estimate of drug-likeness (QED) is 0.279. The van der Waals surface area contributed by atoms with E-state index in [9.17, 15) is 4.91 Å². The Morgan fingerprint density at radius 1 is 1.04 bits per heavy atom. The lowest BCUT2D eigenvalue weighted by atomic mass is 10.2. The third-order valence-corrected chi connectivity index (χ3v) is 4.03. The van der Waals surface area contributed by atoms with Crippen molar-refractivity contribution in [1.82, 2.24) is 9.97 Å². The van der Waals surface area contributed by atoms with Crippen LogP contribution in [0.2, 0.25) is 0 Å². The van der Waals surface area contributed by atoms with Crippen molar-refractivity contribution in [3.05, 3.63) is 41.9 Å². The first-order valence-electron chi connectivity index (χ1n) is 7.35. The molecule has 0 aliphatic rings. The van der Waals surface area contributed by atoms with Gasteiger partial charge in [-0.15, -0.1) is 4.91 Å². The lowest BCUT2D eigenvalue weighted by Gasteiger charge is -2.11. The number of aromatic nitrogens is 2. The Morgan fingerprint density at radius 2 is 1.52 bits per heavy atom. The van der Waals surface area contributed by atoms with Crippen LogP contribution in [0.1, 0.15) is 20.8 Å². The van der Waals surface area contributed by atoms with Crippen LogP contribution < -0.4 is 15.2 Å². The first-order valence-corrected chi connectivity index (χ1v) is 10.0. The molecule has 2 rings (SSSR count). The number of rotatable bonds is 3. The molecule has 0 bridgehead atoms. The van der Waals surface area contributed by atoms with Crippen molar-refractivity contribution in [1.29, 1.82) is 0 Å². The van der Waals surface area contributed by atoms with Gasteiger partial charge in [-0.05, 0) is 87.4 Å². The van der Waals surface area contributed by atoms with Gasteiger partial charge in [-0.25, -0.2) is 9.97 Å². The number of nitrogens with two attached hydrogens (primary N) is 1. The third kappa shape index (κ3) is 12.0. The van der Waals surface area contributed by atoms with E-state index in [0.29, 0.717) is 17.4 Å². The molecule has 0 fully saturated rings. The van der Waals surface area contributed by atoms with Crippen molar-refractivity contribution in [2.75, 3.05) is 20.0 Å². The van der Waals surface area contributed by atoms with Gasteiger partial charge >= 0.3 is 0 Å². The maximum Gasteiger partial charge on any atom is 0.227 e. The van der Waals surface area contributed by atoms with Gasteiger partial charge in [-0.2, -0.15) is 0 Å². The SMILES string of the molecule is CC(C)(C)ON=O.COc1ncc(I)cc1Br.COc1ncc(N)cc1Br. The highest BCUT2D eigenvalue weighted by atomic mass is 127. The van der Waals surface area contributed by atoms with Crippen LogP contribution in [-0.2, 0) is 4.84 Å². The van der Waals surface area contributed by atoms with Gasteiger partial charge in [0.15, 0.2) is 5.34 Å². The van der Waals surface area contributed by atoms with E-state index in [0.717, 1.165) is 12.5 Å². The van der Waals surface area contributed by atoms with Crippen molar-refractivity contribution in [2.45, 2.75) is 26.4 Å². The van der Waals surface area contributed by atoms with Crippen LogP contribution in [0.25, 0.3) is 0 Å². The molecule has 0 saturated heterocycles. The fraction of sp³-hybridized carbons (Fsp3) is 0.375.